The summed E-state index contributed by atoms with van der Waals surface area (Å²) in [6.45, 7) is 0.112. The molecule has 0 spiro atoms. The quantitative estimate of drug-likeness (QED) is 0.0750. The van der Waals surface area contributed by atoms with E-state index < -0.39 is 101 Å². The molecular formula is C40H29ClF9N9O2S. The first-order valence-electron chi connectivity index (χ1n) is 18.4. The molecule has 0 radical (unpaired) electrons. The Balaban J connectivity index is 1.36. The minimum absolute atomic E-state index is 0.0551. The highest BCUT2D eigenvalue weighted by Gasteiger charge is 2.51. The third-order valence-corrected chi connectivity index (χ3v) is 11.1. The fraction of sp³-hybridized carbons (Fsp3) is 0.250. The highest BCUT2D eigenvalue weighted by molar-refractivity contribution is 7.99. The third kappa shape index (κ3) is 7.39. The number of halogens is 10. The molecule has 1 amide bonds. The van der Waals surface area contributed by atoms with Crippen LogP contribution in [0.15, 0.2) is 59.4 Å². The van der Waals surface area contributed by atoms with Crippen LogP contribution in [0.1, 0.15) is 47.7 Å². The SMILES string of the molecule is CSNc1nn(C)c2c(-n3c(C(Cc4cc(F)cc(F)c4)NC(=O)Cn4nc(C(F)F)c5c4C(F)(F)C(C)C5)nc4nc(-c5cc(F)c(F)c(F)c5)ccc4c3=O)ccc(Cl)c12. The topological polar surface area (TPSA) is 125 Å². The van der Waals surface area contributed by atoms with E-state index in [1.54, 1.807) is 13.3 Å². The molecule has 62 heavy (non-hydrogen) atoms. The standard InChI is InChI=1S/C40H29ClF9N9O2S/c1-16-8-22-32(35(47)48)54-58(34(22)40(16,49)50)15-29(60)51-27(11-17-9-19(42)14-20(43)10-17)38-53-36-21(4-6-26(52-36)18-12-24(44)31(46)25(45)13-18)39(61)59(38)28-7-5-23(41)30-33(28)57(2)55-37(30)56-62-3/h4-7,9-10,12-14,16,27,35H,8,11,15H2,1-3H3,(H,51,60)(H,55,56). The zero-order valence-corrected chi connectivity index (χ0v) is 33.8. The van der Waals surface area contributed by atoms with Crippen molar-refractivity contribution < 1.29 is 44.3 Å². The molecule has 0 saturated carbocycles. The van der Waals surface area contributed by atoms with Gasteiger partial charge in [-0.2, -0.15) is 19.0 Å². The Hall–Kier alpha value is -6.09. The van der Waals surface area contributed by atoms with Gasteiger partial charge in [0, 0.05) is 42.8 Å². The summed E-state index contributed by atoms with van der Waals surface area (Å²) in [6.07, 6.45) is -2.51. The lowest BCUT2D eigenvalue weighted by molar-refractivity contribution is -0.123. The number of hydrogen-bond acceptors (Lipinski definition) is 8. The first kappa shape index (κ1) is 42.6. The van der Waals surface area contributed by atoms with Gasteiger partial charge in [0.05, 0.1) is 38.7 Å². The maximum Gasteiger partial charge on any atom is 0.292 e. The Morgan fingerprint density at radius 1 is 0.984 bits per heavy atom. The lowest BCUT2D eigenvalue weighted by Crippen LogP contribution is -2.38. The van der Waals surface area contributed by atoms with Crippen molar-refractivity contribution in [2.75, 3.05) is 11.0 Å². The van der Waals surface area contributed by atoms with E-state index >= 15 is 8.78 Å². The van der Waals surface area contributed by atoms with Gasteiger partial charge in [-0.25, -0.2) is 40.7 Å². The molecule has 0 fully saturated rings. The summed E-state index contributed by atoms with van der Waals surface area (Å²) in [4.78, 5) is 38.0. The van der Waals surface area contributed by atoms with Gasteiger partial charge in [0.25, 0.3) is 17.9 Å². The lowest BCUT2D eigenvalue weighted by atomic mass is 10.0. The van der Waals surface area contributed by atoms with Gasteiger partial charge in [-0.3, -0.25) is 23.5 Å². The number of pyridine rings is 1. The molecule has 4 aromatic heterocycles. The molecule has 22 heteroatoms. The van der Waals surface area contributed by atoms with E-state index in [1.165, 1.54) is 40.9 Å². The van der Waals surface area contributed by atoms with Gasteiger partial charge in [-0.05, 0) is 60.5 Å². The van der Waals surface area contributed by atoms with Crippen LogP contribution in [0.4, 0.5) is 45.3 Å². The van der Waals surface area contributed by atoms with Gasteiger partial charge < -0.3 is 10.0 Å². The maximum atomic E-state index is 15.5. The van der Waals surface area contributed by atoms with Crippen molar-refractivity contribution in [3.8, 4) is 16.9 Å². The predicted molar refractivity (Wildman–Crippen MR) is 212 cm³/mol. The van der Waals surface area contributed by atoms with Crippen molar-refractivity contribution in [1.29, 1.82) is 0 Å². The molecule has 8 rings (SSSR count). The van der Waals surface area contributed by atoms with E-state index in [2.05, 4.69) is 30.2 Å². The van der Waals surface area contributed by atoms with Crippen LogP contribution in [0.5, 0.6) is 0 Å². The second-order valence-corrected chi connectivity index (χ2v) is 15.5. The highest BCUT2D eigenvalue weighted by atomic mass is 35.5. The van der Waals surface area contributed by atoms with E-state index in [0.717, 1.165) is 23.6 Å². The molecule has 1 aliphatic rings. The third-order valence-electron chi connectivity index (χ3n) is 10.4. The number of nitrogens with one attached hydrogen (secondary N) is 2. The highest BCUT2D eigenvalue weighted by Crippen LogP contribution is 2.48. The molecular weight excluding hydrogens is 877 g/mol. The molecule has 2 unspecified atom stereocenters. The summed E-state index contributed by atoms with van der Waals surface area (Å²) >= 11 is 7.84. The fourth-order valence-corrected chi connectivity index (χ4v) is 8.30. The number of aryl methyl sites for hydroxylation is 1. The van der Waals surface area contributed by atoms with E-state index in [0.29, 0.717) is 28.3 Å². The number of carbonyl (C=O) groups excluding carboxylic acids is 1. The van der Waals surface area contributed by atoms with E-state index in [-0.39, 0.29) is 55.7 Å². The second kappa shape index (κ2) is 16.0. The van der Waals surface area contributed by atoms with Crippen molar-refractivity contribution in [2.24, 2.45) is 13.0 Å². The normalized spacial score (nSPS) is 15.2. The van der Waals surface area contributed by atoms with Crippen molar-refractivity contribution in [2.45, 2.75) is 44.7 Å². The Bertz CT molecular complexity index is 2990. The predicted octanol–water partition coefficient (Wildman–Crippen LogP) is 8.89. The molecule has 2 N–H and O–H groups in total. The zero-order valence-electron chi connectivity index (χ0n) is 32.2. The van der Waals surface area contributed by atoms with Crippen LogP contribution in [0.25, 0.3) is 38.9 Å². The van der Waals surface area contributed by atoms with Gasteiger partial charge in [-0.15, -0.1) is 0 Å². The molecule has 322 valence electrons. The number of benzene rings is 3. The average Bonchev–Trinajstić information content (AvgIpc) is 3.81. The number of carbonyl (C=O) groups is 1. The zero-order chi connectivity index (χ0) is 44.5. The molecule has 0 bridgehead atoms. The lowest BCUT2D eigenvalue weighted by Gasteiger charge is -2.24. The molecule has 0 saturated heterocycles. The number of anilines is 1. The van der Waals surface area contributed by atoms with Crippen LogP contribution in [0.2, 0.25) is 5.02 Å². The fourth-order valence-electron chi connectivity index (χ4n) is 7.72. The van der Waals surface area contributed by atoms with Crippen LogP contribution < -0.4 is 15.6 Å². The molecule has 2 atom stereocenters. The first-order valence-corrected chi connectivity index (χ1v) is 20.0. The summed E-state index contributed by atoms with van der Waals surface area (Å²) in [5, 5.41) is 11.1. The Morgan fingerprint density at radius 3 is 2.34 bits per heavy atom. The minimum Gasteiger partial charge on any atom is -0.344 e. The molecule has 1 aliphatic carbocycles. The van der Waals surface area contributed by atoms with Crippen LogP contribution >= 0.6 is 23.5 Å². The summed E-state index contributed by atoms with van der Waals surface area (Å²) in [5.74, 6) is -13.1. The van der Waals surface area contributed by atoms with E-state index in [1.807, 2.05) is 0 Å². The van der Waals surface area contributed by atoms with Crippen molar-refractivity contribution in [3.05, 3.63) is 127 Å². The molecule has 7 aromatic rings. The number of rotatable bonds is 11. The van der Waals surface area contributed by atoms with Gasteiger partial charge >= 0.3 is 0 Å². The first-order chi connectivity index (χ1) is 29.4. The Labute approximate surface area is 353 Å². The van der Waals surface area contributed by atoms with E-state index in [9.17, 15) is 40.3 Å². The molecule has 3 aromatic carbocycles. The monoisotopic (exact) mass is 905 g/mol. The van der Waals surface area contributed by atoms with Gasteiger partial charge in [-0.1, -0.05) is 30.5 Å². The maximum absolute atomic E-state index is 15.5. The van der Waals surface area contributed by atoms with E-state index in [4.69, 9.17) is 11.6 Å². The largest absolute Gasteiger partial charge is 0.344 e. The summed E-state index contributed by atoms with van der Waals surface area (Å²) in [6, 6.07) is 7.50. The van der Waals surface area contributed by atoms with Crippen LogP contribution in [-0.2, 0) is 37.2 Å². The number of alkyl halides is 4. The number of fused-ring (bicyclic) bond motifs is 3. The van der Waals surface area contributed by atoms with Gasteiger partial charge in [0.2, 0.25) is 5.91 Å². The van der Waals surface area contributed by atoms with Crippen LogP contribution in [0, 0.1) is 35.0 Å². The van der Waals surface area contributed by atoms with Crippen molar-refractivity contribution in [1.82, 2.24) is 39.4 Å². The summed E-state index contributed by atoms with van der Waals surface area (Å²) in [7, 11) is 1.54. The Kier molecular flexibility index (Phi) is 11.0. The molecule has 4 heterocycles. The van der Waals surface area contributed by atoms with Crippen LogP contribution in [0.3, 0.4) is 0 Å². The average molecular weight is 906 g/mol. The van der Waals surface area contributed by atoms with Crippen molar-refractivity contribution in [3.63, 3.8) is 0 Å². The minimum atomic E-state index is -3.65. The second-order valence-electron chi connectivity index (χ2n) is 14.5. The van der Waals surface area contributed by atoms with Crippen LogP contribution in [-0.4, -0.2) is 46.3 Å². The number of amides is 1. The number of hydrogen-bond donors (Lipinski definition) is 2. The summed E-state index contributed by atoms with van der Waals surface area (Å²) in [5.41, 5.74) is -3.67. The van der Waals surface area contributed by atoms with Gasteiger partial charge in [0.1, 0.15) is 35.4 Å². The Morgan fingerprint density at radius 2 is 1.68 bits per heavy atom. The number of aromatic nitrogens is 7. The van der Waals surface area contributed by atoms with Gasteiger partial charge in [0.15, 0.2) is 28.9 Å². The molecule has 11 nitrogen and oxygen atoms in total. The smallest absolute Gasteiger partial charge is 0.292 e. The number of nitrogens with zero attached hydrogens (tertiary/aromatic N) is 7. The summed E-state index contributed by atoms with van der Waals surface area (Å²) < 4.78 is 137. The molecule has 0 aliphatic heterocycles. The van der Waals surface area contributed by atoms with Crippen molar-refractivity contribution >= 4 is 57.2 Å².